The zero-order valence-corrected chi connectivity index (χ0v) is 12.5. The van der Waals surface area contributed by atoms with E-state index >= 15 is 0 Å². The van der Waals surface area contributed by atoms with Crippen LogP contribution in [0.15, 0.2) is 0 Å². The molecular formula is C14H28N4. The van der Waals surface area contributed by atoms with Crippen LogP contribution in [-0.4, -0.2) is 60.6 Å². The SMILES string of the molecule is CCNC(C)(C#N)CCN1CC(C)N(C)C(C)C1. The lowest BCUT2D eigenvalue weighted by Gasteiger charge is -2.43. The summed E-state index contributed by atoms with van der Waals surface area (Å²) in [6, 6.07) is 3.60. The third-order valence-electron chi connectivity index (χ3n) is 4.18. The van der Waals surface area contributed by atoms with Crippen LogP contribution in [0.25, 0.3) is 0 Å². The van der Waals surface area contributed by atoms with Crippen molar-refractivity contribution in [3.63, 3.8) is 0 Å². The topological polar surface area (TPSA) is 42.3 Å². The van der Waals surface area contributed by atoms with E-state index in [9.17, 15) is 5.26 Å². The molecule has 1 rings (SSSR count). The number of nitrogens with zero attached hydrogens (tertiary/aromatic N) is 3. The van der Waals surface area contributed by atoms with Crippen LogP contribution in [0.5, 0.6) is 0 Å². The molecule has 104 valence electrons. The quantitative estimate of drug-likeness (QED) is 0.801. The maximum atomic E-state index is 9.25. The molecule has 1 saturated heterocycles. The molecule has 18 heavy (non-hydrogen) atoms. The van der Waals surface area contributed by atoms with E-state index in [-0.39, 0.29) is 5.54 Å². The van der Waals surface area contributed by atoms with E-state index in [1.165, 1.54) is 0 Å². The van der Waals surface area contributed by atoms with Crippen molar-refractivity contribution in [1.82, 2.24) is 15.1 Å². The predicted molar refractivity (Wildman–Crippen MR) is 75.4 cm³/mol. The second-order valence-corrected chi connectivity index (χ2v) is 5.85. The van der Waals surface area contributed by atoms with Gasteiger partial charge >= 0.3 is 0 Å². The molecule has 4 heteroatoms. The number of hydrogen-bond donors (Lipinski definition) is 1. The van der Waals surface area contributed by atoms with E-state index in [0.717, 1.165) is 32.6 Å². The fourth-order valence-corrected chi connectivity index (χ4v) is 2.65. The molecule has 0 aromatic heterocycles. The van der Waals surface area contributed by atoms with Crippen molar-refractivity contribution < 1.29 is 0 Å². The monoisotopic (exact) mass is 252 g/mol. The van der Waals surface area contributed by atoms with Crippen LogP contribution < -0.4 is 5.32 Å². The molecule has 3 unspecified atom stereocenters. The molecule has 1 heterocycles. The van der Waals surface area contributed by atoms with Gasteiger partial charge in [-0.25, -0.2) is 0 Å². The van der Waals surface area contributed by atoms with E-state index in [2.05, 4.69) is 49.0 Å². The Kier molecular flexibility index (Phi) is 5.58. The molecule has 4 nitrogen and oxygen atoms in total. The minimum atomic E-state index is -0.384. The van der Waals surface area contributed by atoms with Crippen molar-refractivity contribution >= 4 is 0 Å². The van der Waals surface area contributed by atoms with Crippen molar-refractivity contribution in [2.75, 3.05) is 33.2 Å². The number of rotatable bonds is 5. The molecule has 0 aromatic carbocycles. The summed E-state index contributed by atoms with van der Waals surface area (Å²) >= 11 is 0. The van der Waals surface area contributed by atoms with Gasteiger partial charge in [-0.2, -0.15) is 5.26 Å². The fraction of sp³-hybridized carbons (Fsp3) is 0.929. The summed E-state index contributed by atoms with van der Waals surface area (Å²) in [5.41, 5.74) is -0.384. The standard InChI is InChI=1S/C14H28N4/c1-6-16-14(4,11-15)7-8-18-9-12(2)17(5)13(3)10-18/h12-13,16H,6-10H2,1-5H3. The van der Waals surface area contributed by atoms with Crippen molar-refractivity contribution in [3.8, 4) is 6.07 Å². The first-order chi connectivity index (χ1) is 8.41. The van der Waals surface area contributed by atoms with Gasteiger partial charge in [-0.3, -0.25) is 10.2 Å². The third kappa shape index (κ3) is 3.94. The number of likely N-dealkylation sites (N-methyl/N-ethyl adjacent to an activating group) is 1. The Hall–Kier alpha value is -0.630. The Morgan fingerprint density at radius 2 is 1.89 bits per heavy atom. The highest BCUT2D eigenvalue weighted by molar-refractivity contribution is 5.04. The zero-order chi connectivity index (χ0) is 13.8. The molecule has 1 aliphatic heterocycles. The van der Waals surface area contributed by atoms with Crippen LogP contribution in [0, 0.1) is 11.3 Å². The molecule has 1 aliphatic rings. The van der Waals surface area contributed by atoms with Crippen LogP contribution in [0.3, 0.4) is 0 Å². The average molecular weight is 252 g/mol. The Balaban J connectivity index is 2.47. The lowest BCUT2D eigenvalue weighted by atomic mass is 9.98. The second kappa shape index (κ2) is 6.51. The molecule has 3 atom stereocenters. The smallest absolute Gasteiger partial charge is 0.105 e. The lowest BCUT2D eigenvalue weighted by molar-refractivity contribution is 0.0565. The molecule has 0 spiro atoms. The second-order valence-electron chi connectivity index (χ2n) is 5.85. The minimum absolute atomic E-state index is 0.384. The van der Waals surface area contributed by atoms with Crippen LogP contribution in [-0.2, 0) is 0 Å². The number of nitrogens with one attached hydrogen (secondary N) is 1. The molecule has 0 aliphatic carbocycles. The van der Waals surface area contributed by atoms with Gasteiger partial charge in [-0.15, -0.1) is 0 Å². The van der Waals surface area contributed by atoms with Gasteiger partial charge in [0, 0.05) is 31.7 Å². The summed E-state index contributed by atoms with van der Waals surface area (Å²) in [5, 5.41) is 12.5. The number of hydrogen-bond acceptors (Lipinski definition) is 4. The Morgan fingerprint density at radius 3 is 2.33 bits per heavy atom. The van der Waals surface area contributed by atoms with E-state index in [1.807, 2.05) is 6.92 Å². The maximum Gasteiger partial charge on any atom is 0.105 e. The molecule has 1 N–H and O–H groups in total. The van der Waals surface area contributed by atoms with Gasteiger partial charge < -0.3 is 4.90 Å². The van der Waals surface area contributed by atoms with Crippen molar-refractivity contribution in [2.45, 2.75) is 51.7 Å². The van der Waals surface area contributed by atoms with Gasteiger partial charge in [0.05, 0.1) is 6.07 Å². The average Bonchev–Trinajstić information content (AvgIpc) is 2.33. The van der Waals surface area contributed by atoms with Gasteiger partial charge in [-0.05, 0) is 40.8 Å². The van der Waals surface area contributed by atoms with Crippen molar-refractivity contribution in [2.24, 2.45) is 0 Å². The first-order valence-corrected chi connectivity index (χ1v) is 7.02. The largest absolute Gasteiger partial charge is 0.300 e. The summed E-state index contributed by atoms with van der Waals surface area (Å²) in [6.07, 6.45) is 0.889. The third-order valence-corrected chi connectivity index (χ3v) is 4.18. The summed E-state index contributed by atoms with van der Waals surface area (Å²) < 4.78 is 0. The molecule has 1 fully saturated rings. The molecule has 0 amide bonds. The maximum absolute atomic E-state index is 9.25. The van der Waals surface area contributed by atoms with Gasteiger partial charge in [-0.1, -0.05) is 6.92 Å². The van der Waals surface area contributed by atoms with Crippen molar-refractivity contribution in [1.29, 1.82) is 5.26 Å². The molecule has 0 saturated carbocycles. The highest BCUT2D eigenvalue weighted by atomic mass is 15.3. The Morgan fingerprint density at radius 1 is 1.33 bits per heavy atom. The molecule has 0 radical (unpaired) electrons. The van der Waals surface area contributed by atoms with Crippen LogP contribution >= 0.6 is 0 Å². The zero-order valence-electron chi connectivity index (χ0n) is 12.5. The fourth-order valence-electron chi connectivity index (χ4n) is 2.65. The molecular weight excluding hydrogens is 224 g/mol. The van der Waals surface area contributed by atoms with Gasteiger partial charge in [0.1, 0.15) is 5.54 Å². The summed E-state index contributed by atoms with van der Waals surface area (Å²) in [7, 11) is 2.20. The first-order valence-electron chi connectivity index (χ1n) is 7.02. The van der Waals surface area contributed by atoms with Crippen LogP contribution in [0.4, 0.5) is 0 Å². The lowest BCUT2D eigenvalue weighted by Crippen LogP contribution is -2.56. The minimum Gasteiger partial charge on any atom is -0.300 e. The molecule has 0 bridgehead atoms. The summed E-state index contributed by atoms with van der Waals surface area (Å²) in [4.78, 5) is 4.92. The molecule has 0 aromatic rings. The summed E-state index contributed by atoms with van der Waals surface area (Å²) in [5.74, 6) is 0. The van der Waals surface area contributed by atoms with Gasteiger partial charge in [0.25, 0.3) is 0 Å². The first kappa shape index (κ1) is 15.4. The normalized spacial score (nSPS) is 29.8. The number of nitriles is 1. The van der Waals surface area contributed by atoms with E-state index in [1.54, 1.807) is 0 Å². The predicted octanol–water partition coefficient (Wildman–Crippen LogP) is 1.29. The van der Waals surface area contributed by atoms with Gasteiger partial charge in [0.15, 0.2) is 0 Å². The number of piperazine rings is 1. The van der Waals surface area contributed by atoms with Gasteiger partial charge in [0.2, 0.25) is 0 Å². The van der Waals surface area contributed by atoms with E-state index in [4.69, 9.17) is 0 Å². The highest BCUT2D eigenvalue weighted by Crippen LogP contribution is 2.16. The van der Waals surface area contributed by atoms with Crippen molar-refractivity contribution in [3.05, 3.63) is 0 Å². The highest BCUT2D eigenvalue weighted by Gasteiger charge is 2.29. The Labute approximate surface area is 112 Å². The van der Waals surface area contributed by atoms with E-state index in [0.29, 0.717) is 12.1 Å². The van der Waals surface area contributed by atoms with Crippen LogP contribution in [0.1, 0.15) is 34.1 Å². The van der Waals surface area contributed by atoms with Crippen LogP contribution in [0.2, 0.25) is 0 Å². The summed E-state index contributed by atoms with van der Waals surface area (Å²) in [6.45, 7) is 12.7. The van der Waals surface area contributed by atoms with E-state index < -0.39 is 0 Å². The Bertz CT molecular complexity index is 287.